The molecule has 0 bridgehead atoms. The fourth-order valence-electron chi connectivity index (χ4n) is 1.48. The first-order valence-electron chi connectivity index (χ1n) is 5.14. The van der Waals surface area contributed by atoms with E-state index in [1.807, 2.05) is 11.0 Å². The second kappa shape index (κ2) is 5.70. The van der Waals surface area contributed by atoms with Gasteiger partial charge in [0.1, 0.15) is 5.15 Å². The molecule has 0 unspecified atom stereocenters. The first-order valence-corrected chi connectivity index (χ1v) is 5.51. The molecule has 1 aromatic heterocycles. The minimum atomic E-state index is -0.353. The lowest BCUT2D eigenvalue weighted by molar-refractivity contribution is -0.116. The van der Waals surface area contributed by atoms with Crippen molar-refractivity contribution in [3.8, 4) is 0 Å². The molecule has 1 aromatic rings. The van der Waals surface area contributed by atoms with Gasteiger partial charge in [-0.25, -0.2) is 4.98 Å². The fraction of sp³-hybridized carbons (Fsp3) is 0.455. The number of anilines is 1. The Labute approximate surface area is 100 Å². The normalized spacial score (nSPS) is 10.5. The van der Waals surface area contributed by atoms with Gasteiger partial charge in [0.15, 0.2) is 0 Å². The highest BCUT2D eigenvalue weighted by atomic mass is 35.5. The quantitative estimate of drug-likeness (QED) is 0.798. The average Bonchev–Trinajstić information content (AvgIpc) is 2.15. The molecule has 2 N–H and O–H groups in total. The second-order valence-electron chi connectivity index (χ2n) is 4.08. The zero-order valence-corrected chi connectivity index (χ0v) is 10.2. The van der Waals surface area contributed by atoms with E-state index in [2.05, 4.69) is 18.8 Å². The number of aromatic nitrogens is 1. The molecule has 16 heavy (non-hydrogen) atoms. The molecule has 88 valence electrons. The van der Waals surface area contributed by atoms with Crippen molar-refractivity contribution in [1.29, 1.82) is 0 Å². The smallest absolute Gasteiger partial charge is 0.236 e. The van der Waals surface area contributed by atoms with E-state index in [0.29, 0.717) is 11.1 Å². The zero-order valence-electron chi connectivity index (χ0n) is 9.48. The topological polar surface area (TPSA) is 59.2 Å². The maximum atomic E-state index is 11.0. The summed E-state index contributed by atoms with van der Waals surface area (Å²) in [7, 11) is 0. The molecule has 0 aromatic carbocycles. The third kappa shape index (κ3) is 4.06. The SMILES string of the molecule is CC(C)CN(CC(N)=O)c1ccnc(Cl)c1. The van der Waals surface area contributed by atoms with Crippen molar-refractivity contribution in [2.75, 3.05) is 18.0 Å². The summed E-state index contributed by atoms with van der Waals surface area (Å²) in [6, 6.07) is 3.55. The number of carbonyl (C=O) groups excluding carboxylic acids is 1. The van der Waals surface area contributed by atoms with Crippen LogP contribution in [0.2, 0.25) is 5.15 Å². The standard InChI is InChI=1S/C11H16ClN3O/c1-8(2)6-15(7-11(13)16)9-3-4-14-10(12)5-9/h3-5,8H,6-7H2,1-2H3,(H2,13,16). The number of halogens is 1. The molecular formula is C11H16ClN3O. The minimum Gasteiger partial charge on any atom is -0.368 e. The molecule has 0 aliphatic heterocycles. The van der Waals surface area contributed by atoms with Crippen molar-refractivity contribution in [3.63, 3.8) is 0 Å². The van der Waals surface area contributed by atoms with Gasteiger partial charge in [-0.1, -0.05) is 25.4 Å². The summed E-state index contributed by atoms with van der Waals surface area (Å²) in [5.74, 6) is 0.0832. The van der Waals surface area contributed by atoms with Gasteiger partial charge in [-0.15, -0.1) is 0 Å². The van der Waals surface area contributed by atoms with Crippen LogP contribution in [0.3, 0.4) is 0 Å². The van der Waals surface area contributed by atoms with Crippen LogP contribution in [0, 0.1) is 5.92 Å². The fourth-order valence-corrected chi connectivity index (χ4v) is 1.65. The molecule has 1 rings (SSSR count). The number of amides is 1. The summed E-state index contributed by atoms with van der Waals surface area (Å²) in [5, 5.41) is 0.413. The van der Waals surface area contributed by atoms with Gasteiger partial charge in [0.05, 0.1) is 6.54 Å². The van der Waals surface area contributed by atoms with Crippen molar-refractivity contribution < 1.29 is 4.79 Å². The Bertz CT molecular complexity index is 368. The Kier molecular flexibility index (Phi) is 4.55. The minimum absolute atomic E-state index is 0.193. The predicted molar refractivity (Wildman–Crippen MR) is 65.5 cm³/mol. The first-order chi connectivity index (χ1) is 7.49. The molecule has 0 spiro atoms. The van der Waals surface area contributed by atoms with Crippen LogP contribution >= 0.6 is 11.6 Å². The Balaban J connectivity index is 2.86. The second-order valence-corrected chi connectivity index (χ2v) is 4.46. The number of hydrogen-bond donors (Lipinski definition) is 1. The van der Waals surface area contributed by atoms with E-state index >= 15 is 0 Å². The molecule has 0 radical (unpaired) electrons. The van der Waals surface area contributed by atoms with Crippen LogP contribution in [0.5, 0.6) is 0 Å². The molecule has 1 amide bonds. The summed E-state index contributed by atoms with van der Waals surface area (Å²) in [4.78, 5) is 16.8. The molecule has 0 atom stereocenters. The van der Waals surface area contributed by atoms with Crippen LogP contribution in [-0.2, 0) is 4.79 Å². The van der Waals surface area contributed by atoms with Gasteiger partial charge < -0.3 is 10.6 Å². The van der Waals surface area contributed by atoms with Crippen LogP contribution in [-0.4, -0.2) is 24.0 Å². The van der Waals surface area contributed by atoms with Crippen molar-refractivity contribution >= 4 is 23.2 Å². The van der Waals surface area contributed by atoms with Gasteiger partial charge in [-0.3, -0.25) is 4.79 Å². The van der Waals surface area contributed by atoms with Crippen LogP contribution in [0.25, 0.3) is 0 Å². The average molecular weight is 242 g/mol. The van der Waals surface area contributed by atoms with E-state index in [4.69, 9.17) is 17.3 Å². The molecule has 4 nitrogen and oxygen atoms in total. The Hall–Kier alpha value is -1.29. The summed E-state index contributed by atoms with van der Waals surface area (Å²) >= 11 is 5.81. The summed E-state index contributed by atoms with van der Waals surface area (Å²) in [6.07, 6.45) is 1.62. The Morgan fingerprint density at radius 3 is 2.81 bits per heavy atom. The van der Waals surface area contributed by atoms with Gasteiger partial charge >= 0.3 is 0 Å². The zero-order chi connectivity index (χ0) is 12.1. The highest BCUT2D eigenvalue weighted by molar-refractivity contribution is 6.29. The van der Waals surface area contributed by atoms with E-state index in [1.54, 1.807) is 12.3 Å². The highest BCUT2D eigenvalue weighted by Gasteiger charge is 2.11. The molecule has 0 aliphatic rings. The number of rotatable bonds is 5. The summed E-state index contributed by atoms with van der Waals surface area (Å²) in [5.41, 5.74) is 6.08. The van der Waals surface area contributed by atoms with E-state index in [9.17, 15) is 4.79 Å². The molecular weight excluding hydrogens is 226 g/mol. The molecule has 0 fully saturated rings. The van der Waals surface area contributed by atoms with E-state index in [1.165, 1.54) is 0 Å². The van der Waals surface area contributed by atoms with Crippen molar-refractivity contribution in [2.45, 2.75) is 13.8 Å². The lowest BCUT2D eigenvalue weighted by Crippen LogP contribution is -2.36. The molecule has 5 heteroatoms. The van der Waals surface area contributed by atoms with Crippen LogP contribution in [0.15, 0.2) is 18.3 Å². The van der Waals surface area contributed by atoms with Crippen LogP contribution in [0.1, 0.15) is 13.8 Å². The van der Waals surface area contributed by atoms with Gasteiger partial charge in [0.2, 0.25) is 5.91 Å². The van der Waals surface area contributed by atoms with Gasteiger partial charge in [-0.2, -0.15) is 0 Å². The van der Waals surface area contributed by atoms with Crippen LogP contribution in [0.4, 0.5) is 5.69 Å². The van der Waals surface area contributed by atoms with E-state index in [0.717, 1.165) is 12.2 Å². The Morgan fingerprint density at radius 1 is 1.62 bits per heavy atom. The van der Waals surface area contributed by atoms with Gasteiger partial charge in [-0.05, 0) is 18.1 Å². The summed E-state index contributed by atoms with van der Waals surface area (Å²) in [6.45, 7) is 5.11. The number of primary amides is 1. The monoisotopic (exact) mass is 241 g/mol. The molecule has 0 saturated carbocycles. The van der Waals surface area contributed by atoms with Crippen molar-refractivity contribution in [3.05, 3.63) is 23.5 Å². The van der Waals surface area contributed by atoms with Crippen molar-refractivity contribution in [2.24, 2.45) is 11.7 Å². The number of hydrogen-bond acceptors (Lipinski definition) is 3. The lowest BCUT2D eigenvalue weighted by atomic mass is 10.2. The third-order valence-corrected chi connectivity index (χ3v) is 2.21. The Morgan fingerprint density at radius 2 is 2.31 bits per heavy atom. The largest absolute Gasteiger partial charge is 0.368 e. The lowest BCUT2D eigenvalue weighted by Gasteiger charge is -2.25. The molecule has 1 heterocycles. The number of nitrogens with zero attached hydrogens (tertiary/aromatic N) is 2. The number of carbonyl (C=O) groups is 1. The van der Waals surface area contributed by atoms with E-state index < -0.39 is 0 Å². The van der Waals surface area contributed by atoms with E-state index in [-0.39, 0.29) is 12.5 Å². The van der Waals surface area contributed by atoms with Crippen molar-refractivity contribution in [1.82, 2.24) is 4.98 Å². The van der Waals surface area contributed by atoms with Gasteiger partial charge in [0.25, 0.3) is 0 Å². The maximum Gasteiger partial charge on any atom is 0.236 e. The summed E-state index contributed by atoms with van der Waals surface area (Å²) < 4.78 is 0. The molecule has 0 aliphatic carbocycles. The van der Waals surface area contributed by atoms with Crippen LogP contribution < -0.4 is 10.6 Å². The highest BCUT2D eigenvalue weighted by Crippen LogP contribution is 2.18. The number of pyridine rings is 1. The maximum absolute atomic E-state index is 11.0. The first kappa shape index (κ1) is 12.8. The third-order valence-electron chi connectivity index (χ3n) is 2.01. The molecule has 0 saturated heterocycles. The van der Waals surface area contributed by atoms with Gasteiger partial charge in [0, 0.05) is 18.4 Å². The number of nitrogens with two attached hydrogens (primary N) is 1. The predicted octanol–water partition coefficient (Wildman–Crippen LogP) is 1.68.